The summed E-state index contributed by atoms with van der Waals surface area (Å²) in [5, 5.41) is 2.76. The third kappa shape index (κ3) is 6.33. The molecule has 2 aromatic rings. The van der Waals surface area contributed by atoms with E-state index in [4.69, 9.17) is 9.47 Å². The second-order valence-electron chi connectivity index (χ2n) is 5.89. The summed E-state index contributed by atoms with van der Waals surface area (Å²) in [6.07, 6.45) is 0. The van der Waals surface area contributed by atoms with Crippen molar-refractivity contribution in [2.45, 2.75) is 26.8 Å². The first-order chi connectivity index (χ1) is 12.6. The van der Waals surface area contributed by atoms with E-state index < -0.39 is 0 Å². The molecule has 0 aliphatic heterocycles. The average molecular weight is 354 g/mol. The third-order valence-corrected chi connectivity index (χ3v) is 3.80. The molecule has 5 heteroatoms. The molecule has 1 unspecified atom stereocenters. The molecule has 0 aromatic heterocycles. The summed E-state index contributed by atoms with van der Waals surface area (Å²) in [5.74, 6) is -0.250. The molecule has 0 bridgehead atoms. The number of nitrogens with zero attached hydrogens (tertiary/aromatic N) is 1. The largest absolute Gasteiger partial charge is 0.463 e. The molecule has 0 aliphatic rings. The van der Waals surface area contributed by atoms with E-state index in [0.717, 1.165) is 11.1 Å². The number of benzene rings is 2. The maximum Gasteiger partial charge on any atom is 0.292 e. The molecule has 2 aromatic carbocycles. The molecule has 26 heavy (non-hydrogen) atoms. The van der Waals surface area contributed by atoms with E-state index >= 15 is 0 Å². The Morgan fingerprint density at radius 1 is 1.08 bits per heavy atom. The fourth-order valence-corrected chi connectivity index (χ4v) is 2.30. The van der Waals surface area contributed by atoms with Gasteiger partial charge in [-0.2, -0.15) is 0 Å². The van der Waals surface area contributed by atoms with Gasteiger partial charge in [0.05, 0.1) is 12.6 Å². The van der Waals surface area contributed by atoms with E-state index in [-0.39, 0.29) is 18.0 Å². The van der Waals surface area contributed by atoms with E-state index in [0.29, 0.717) is 25.4 Å². The highest BCUT2D eigenvalue weighted by molar-refractivity contribution is 6.04. The minimum atomic E-state index is -0.250. The number of aryl methyl sites for hydroxylation is 1. The van der Waals surface area contributed by atoms with E-state index in [1.807, 2.05) is 63.2 Å². The van der Waals surface area contributed by atoms with Gasteiger partial charge in [0.25, 0.3) is 11.9 Å². The molecule has 0 aliphatic carbocycles. The summed E-state index contributed by atoms with van der Waals surface area (Å²) in [5.41, 5.74) is 2.70. The quantitative estimate of drug-likeness (QED) is 0.466. The van der Waals surface area contributed by atoms with Crippen molar-refractivity contribution >= 4 is 11.9 Å². The fraction of sp³-hybridized carbons (Fsp3) is 0.333. The first-order valence-corrected chi connectivity index (χ1v) is 8.81. The van der Waals surface area contributed by atoms with Crippen LogP contribution in [0.4, 0.5) is 0 Å². The second kappa shape index (κ2) is 10.4. The zero-order valence-electron chi connectivity index (χ0n) is 15.6. The molecule has 138 valence electrons. The Balaban J connectivity index is 2.10. The first-order valence-electron chi connectivity index (χ1n) is 8.81. The molecule has 2 rings (SSSR count). The molecule has 1 N–H and O–H groups in total. The van der Waals surface area contributed by atoms with Gasteiger partial charge in [-0.1, -0.05) is 48.0 Å². The zero-order chi connectivity index (χ0) is 18.8. The Hall–Kier alpha value is -2.66. The van der Waals surface area contributed by atoms with Crippen LogP contribution in [0.2, 0.25) is 0 Å². The van der Waals surface area contributed by atoms with Crippen molar-refractivity contribution in [2.24, 2.45) is 4.99 Å². The Kier molecular flexibility index (Phi) is 7.83. The maximum atomic E-state index is 12.5. The topological polar surface area (TPSA) is 59.9 Å². The molecule has 0 fully saturated rings. The van der Waals surface area contributed by atoms with Crippen LogP contribution < -0.4 is 5.32 Å². The summed E-state index contributed by atoms with van der Waals surface area (Å²) in [6.45, 7) is 7.24. The van der Waals surface area contributed by atoms with Crippen molar-refractivity contribution in [3.05, 3.63) is 71.3 Å². The molecule has 0 saturated heterocycles. The number of amides is 1. The molecule has 1 atom stereocenters. The minimum Gasteiger partial charge on any atom is -0.463 e. The van der Waals surface area contributed by atoms with Gasteiger partial charge >= 0.3 is 0 Å². The van der Waals surface area contributed by atoms with Crippen LogP contribution in [-0.4, -0.2) is 31.7 Å². The lowest BCUT2D eigenvalue weighted by molar-refractivity contribution is 0.0921. The number of carbonyl (C=O) groups excluding carboxylic acids is 1. The summed E-state index contributed by atoms with van der Waals surface area (Å²) in [6, 6.07) is 17.3. The molecule has 5 nitrogen and oxygen atoms in total. The number of ether oxygens (including phenoxy) is 2. The Morgan fingerprint density at radius 3 is 2.42 bits per heavy atom. The van der Waals surface area contributed by atoms with Crippen LogP contribution in [0.1, 0.15) is 41.4 Å². The summed E-state index contributed by atoms with van der Waals surface area (Å²) in [7, 11) is 0. The normalized spacial score (nSPS) is 12.5. The molecule has 0 heterocycles. The van der Waals surface area contributed by atoms with Gasteiger partial charge in [0, 0.05) is 12.2 Å². The summed E-state index contributed by atoms with van der Waals surface area (Å²) >= 11 is 0. The van der Waals surface area contributed by atoms with Gasteiger partial charge in [-0.05, 0) is 38.5 Å². The number of amidine groups is 1. The van der Waals surface area contributed by atoms with Crippen LogP contribution in [0.3, 0.4) is 0 Å². The van der Waals surface area contributed by atoms with Crippen LogP contribution in [0.25, 0.3) is 0 Å². The van der Waals surface area contributed by atoms with Crippen molar-refractivity contribution in [2.75, 3.05) is 19.8 Å². The van der Waals surface area contributed by atoms with Crippen LogP contribution in [-0.2, 0) is 9.47 Å². The summed E-state index contributed by atoms with van der Waals surface area (Å²) in [4.78, 5) is 17.0. The SMILES string of the molecule is CCOCCOC(=NC(C)c1ccccc1)NC(=O)c1ccc(C)cc1. The highest BCUT2D eigenvalue weighted by Crippen LogP contribution is 2.16. The van der Waals surface area contributed by atoms with Crippen LogP contribution in [0.15, 0.2) is 59.6 Å². The number of aliphatic imine (C=N–C) groups is 1. The van der Waals surface area contributed by atoms with E-state index in [9.17, 15) is 4.79 Å². The highest BCUT2D eigenvalue weighted by Gasteiger charge is 2.12. The lowest BCUT2D eigenvalue weighted by Crippen LogP contribution is -2.33. The third-order valence-electron chi connectivity index (χ3n) is 3.80. The lowest BCUT2D eigenvalue weighted by atomic mass is 10.1. The number of nitrogens with one attached hydrogen (secondary N) is 1. The van der Waals surface area contributed by atoms with E-state index in [2.05, 4.69) is 10.3 Å². The number of carbonyl (C=O) groups is 1. The smallest absolute Gasteiger partial charge is 0.292 e. The van der Waals surface area contributed by atoms with Gasteiger partial charge in [0.15, 0.2) is 0 Å². The summed E-state index contributed by atoms with van der Waals surface area (Å²) < 4.78 is 10.9. The Morgan fingerprint density at radius 2 is 1.77 bits per heavy atom. The van der Waals surface area contributed by atoms with Gasteiger partial charge in [-0.15, -0.1) is 0 Å². The number of rotatable bonds is 7. The zero-order valence-corrected chi connectivity index (χ0v) is 15.6. The Bertz CT molecular complexity index is 712. The van der Waals surface area contributed by atoms with Crippen molar-refractivity contribution in [3.63, 3.8) is 0 Å². The fourth-order valence-electron chi connectivity index (χ4n) is 2.30. The lowest BCUT2D eigenvalue weighted by Gasteiger charge is -2.14. The molecular weight excluding hydrogens is 328 g/mol. The highest BCUT2D eigenvalue weighted by atomic mass is 16.5. The molecule has 0 spiro atoms. The van der Waals surface area contributed by atoms with Crippen molar-refractivity contribution < 1.29 is 14.3 Å². The van der Waals surface area contributed by atoms with Crippen LogP contribution in [0.5, 0.6) is 0 Å². The molecule has 0 radical (unpaired) electrons. The van der Waals surface area contributed by atoms with Gasteiger partial charge in [-0.3, -0.25) is 10.1 Å². The number of hydrogen-bond acceptors (Lipinski definition) is 4. The van der Waals surface area contributed by atoms with Gasteiger partial charge in [-0.25, -0.2) is 4.99 Å². The van der Waals surface area contributed by atoms with E-state index in [1.165, 1.54) is 0 Å². The number of hydrogen-bond donors (Lipinski definition) is 1. The Labute approximate surface area is 155 Å². The monoisotopic (exact) mass is 354 g/mol. The molecule has 1 amide bonds. The average Bonchev–Trinajstić information content (AvgIpc) is 2.66. The van der Waals surface area contributed by atoms with Crippen LogP contribution >= 0.6 is 0 Å². The van der Waals surface area contributed by atoms with Gasteiger partial charge in [0.2, 0.25) is 0 Å². The molecular formula is C21H26N2O3. The predicted molar refractivity (Wildman–Crippen MR) is 103 cm³/mol. The predicted octanol–water partition coefficient (Wildman–Crippen LogP) is 3.90. The van der Waals surface area contributed by atoms with Crippen molar-refractivity contribution in [1.29, 1.82) is 0 Å². The van der Waals surface area contributed by atoms with Crippen molar-refractivity contribution in [3.8, 4) is 0 Å². The molecule has 0 saturated carbocycles. The second-order valence-corrected chi connectivity index (χ2v) is 5.89. The first kappa shape index (κ1) is 19.7. The van der Waals surface area contributed by atoms with E-state index in [1.54, 1.807) is 12.1 Å². The van der Waals surface area contributed by atoms with Crippen LogP contribution in [0, 0.1) is 6.92 Å². The van der Waals surface area contributed by atoms with Crippen molar-refractivity contribution in [1.82, 2.24) is 5.32 Å². The maximum absolute atomic E-state index is 12.5. The minimum absolute atomic E-state index is 0.142. The standard InChI is InChI=1S/C21H26N2O3/c1-4-25-14-15-26-21(22-17(3)18-8-6-5-7-9-18)23-20(24)19-12-10-16(2)11-13-19/h5-13,17H,4,14-15H2,1-3H3,(H,22,23,24). The van der Waals surface area contributed by atoms with Gasteiger partial charge < -0.3 is 9.47 Å². The van der Waals surface area contributed by atoms with Gasteiger partial charge in [0.1, 0.15) is 6.61 Å².